The third kappa shape index (κ3) is 4.27. The predicted molar refractivity (Wildman–Crippen MR) is 113 cm³/mol. The minimum atomic E-state index is -1.11. The van der Waals surface area contributed by atoms with Gasteiger partial charge in [-0.25, -0.2) is 9.69 Å². The molecule has 2 aromatic rings. The van der Waals surface area contributed by atoms with Crippen LogP contribution in [0, 0.1) is 0 Å². The summed E-state index contributed by atoms with van der Waals surface area (Å²) in [4.78, 5) is 28.9. The van der Waals surface area contributed by atoms with Crippen molar-refractivity contribution in [1.29, 1.82) is 0 Å². The number of hydrogen-bond acceptors (Lipinski definition) is 4. The highest BCUT2D eigenvalue weighted by Gasteiger charge is 2.49. The van der Waals surface area contributed by atoms with Gasteiger partial charge in [0, 0.05) is 6.54 Å². The van der Waals surface area contributed by atoms with Crippen molar-refractivity contribution in [2.24, 2.45) is 0 Å². The molecule has 1 fully saturated rings. The normalized spacial score (nSPS) is 19.2. The third-order valence-electron chi connectivity index (χ3n) is 5.40. The van der Waals surface area contributed by atoms with Crippen molar-refractivity contribution >= 4 is 11.9 Å². The molecule has 2 aromatic carbocycles. The Balaban J connectivity index is 1.70. The zero-order chi connectivity index (χ0) is 21.2. The van der Waals surface area contributed by atoms with Crippen LogP contribution in [0.4, 0.5) is 4.79 Å². The third-order valence-corrected chi connectivity index (χ3v) is 5.40. The number of carbonyl (C=O) groups excluding carboxylic acids is 2. The number of rotatable bonds is 7. The zero-order valence-corrected chi connectivity index (χ0v) is 17.7. The van der Waals surface area contributed by atoms with Crippen LogP contribution in [0.3, 0.4) is 0 Å². The molecule has 3 amide bonds. The topological polar surface area (TPSA) is 61.9 Å². The molecule has 29 heavy (non-hydrogen) atoms. The molecule has 0 spiro atoms. The Morgan fingerprint density at radius 3 is 2.45 bits per heavy atom. The molecule has 3 rings (SSSR count). The molecule has 6 nitrogen and oxygen atoms in total. The van der Waals surface area contributed by atoms with Crippen LogP contribution in [0.15, 0.2) is 48.5 Å². The molecular formula is C23H29N3O3. The standard InChI is InChI=1S/C23H29N3O3/c1-16(2)18-11-9-17(10-12-18)14-25(4)15-26-21(27)23(3,24-22(26)28)19-7-6-8-20(13-19)29-5/h6-13,16H,14-15H2,1-5H3,(H,24,28)/t23-/m0/s1. The maximum atomic E-state index is 13.1. The minimum absolute atomic E-state index is 0.218. The SMILES string of the molecule is COc1cccc([C@]2(C)NC(=O)N(CN(C)Cc3ccc(C(C)C)cc3)C2=O)c1. The molecule has 1 aliphatic heterocycles. The van der Waals surface area contributed by atoms with Gasteiger partial charge in [-0.15, -0.1) is 0 Å². The summed E-state index contributed by atoms with van der Waals surface area (Å²) in [5.41, 5.74) is 2.02. The Hall–Kier alpha value is -2.86. The number of nitrogens with zero attached hydrogens (tertiary/aromatic N) is 2. The van der Waals surface area contributed by atoms with Gasteiger partial charge in [0.15, 0.2) is 0 Å². The van der Waals surface area contributed by atoms with Crippen LogP contribution in [-0.4, -0.2) is 42.6 Å². The molecule has 0 radical (unpaired) electrons. The van der Waals surface area contributed by atoms with Gasteiger partial charge in [0.25, 0.3) is 5.91 Å². The molecule has 0 aliphatic carbocycles. The Morgan fingerprint density at radius 2 is 1.83 bits per heavy atom. The van der Waals surface area contributed by atoms with Gasteiger partial charge in [-0.2, -0.15) is 0 Å². The fraction of sp³-hybridized carbons (Fsp3) is 0.391. The number of urea groups is 1. The number of carbonyl (C=O) groups is 2. The average molecular weight is 396 g/mol. The second-order valence-electron chi connectivity index (χ2n) is 8.07. The van der Waals surface area contributed by atoms with E-state index < -0.39 is 5.54 Å². The van der Waals surface area contributed by atoms with Crippen molar-refractivity contribution in [2.45, 2.75) is 38.8 Å². The number of imide groups is 1. The van der Waals surface area contributed by atoms with Crippen molar-refractivity contribution in [1.82, 2.24) is 15.1 Å². The lowest BCUT2D eigenvalue weighted by molar-refractivity contribution is -0.132. The summed E-state index contributed by atoms with van der Waals surface area (Å²) in [6.07, 6.45) is 0. The van der Waals surface area contributed by atoms with E-state index in [2.05, 4.69) is 43.4 Å². The van der Waals surface area contributed by atoms with Gasteiger partial charge >= 0.3 is 6.03 Å². The quantitative estimate of drug-likeness (QED) is 0.727. The van der Waals surface area contributed by atoms with E-state index in [9.17, 15) is 9.59 Å². The maximum Gasteiger partial charge on any atom is 0.326 e. The molecule has 1 aliphatic rings. The molecule has 6 heteroatoms. The zero-order valence-electron chi connectivity index (χ0n) is 17.7. The van der Waals surface area contributed by atoms with Crippen LogP contribution in [-0.2, 0) is 16.9 Å². The van der Waals surface area contributed by atoms with E-state index in [1.807, 2.05) is 30.1 Å². The molecule has 1 atom stereocenters. The van der Waals surface area contributed by atoms with Crippen molar-refractivity contribution in [3.63, 3.8) is 0 Å². The molecule has 1 heterocycles. The lowest BCUT2D eigenvalue weighted by atomic mass is 9.92. The number of hydrogen-bond donors (Lipinski definition) is 1. The Labute approximate surface area is 172 Å². The van der Waals surface area contributed by atoms with E-state index >= 15 is 0 Å². The Kier molecular flexibility index (Phi) is 5.94. The Morgan fingerprint density at radius 1 is 1.14 bits per heavy atom. The number of nitrogens with one attached hydrogen (secondary N) is 1. The maximum absolute atomic E-state index is 13.1. The average Bonchev–Trinajstić information content (AvgIpc) is 2.92. The summed E-state index contributed by atoms with van der Waals surface area (Å²) in [6.45, 7) is 6.92. The van der Waals surface area contributed by atoms with Gasteiger partial charge < -0.3 is 10.1 Å². The first kappa shape index (κ1) is 20.9. The van der Waals surface area contributed by atoms with Crippen molar-refractivity contribution in [3.8, 4) is 5.75 Å². The highest BCUT2D eigenvalue weighted by Crippen LogP contribution is 2.31. The van der Waals surface area contributed by atoms with E-state index in [4.69, 9.17) is 4.74 Å². The van der Waals surface area contributed by atoms with Gasteiger partial charge in [-0.05, 0) is 48.7 Å². The van der Waals surface area contributed by atoms with Crippen molar-refractivity contribution in [2.75, 3.05) is 20.8 Å². The summed E-state index contributed by atoms with van der Waals surface area (Å²) in [6, 6.07) is 15.3. The molecule has 0 bridgehead atoms. The van der Waals surface area contributed by atoms with Gasteiger partial charge in [0.1, 0.15) is 11.3 Å². The van der Waals surface area contributed by atoms with E-state index in [1.54, 1.807) is 20.1 Å². The summed E-state index contributed by atoms with van der Waals surface area (Å²) in [5.74, 6) is 0.867. The van der Waals surface area contributed by atoms with Gasteiger partial charge in [0.05, 0.1) is 13.8 Å². The first-order valence-corrected chi connectivity index (χ1v) is 9.80. The first-order valence-electron chi connectivity index (χ1n) is 9.80. The van der Waals surface area contributed by atoms with Crippen molar-refractivity contribution in [3.05, 3.63) is 65.2 Å². The van der Waals surface area contributed by atoms with Crippen LogP contribution < -0.4 is 10.1 Å². The lowest BCUT2D eigenvalue weighted by Gasteiger charge is -2.25. The van der Waals surface area contributed by atoms with Crippen LogP contribution in [0.5, 0.6) is 5.75 Å². The second-order valence-corrected chi connectivity index (χ2v) is 8.07. The smallest absolute Gasteiger partial charge is 0.326 e. The fourth-order valence-electron chi connectivity index (χ4n) is 3.57. The highest BCUT2D eigenvalue weighted by atomic mass is 16.5. The molecule has 0 aromatic heterocycles. The Bertz CT molecular complexity index is 894. The van der Waals surface area contributed by atoms with E-state index in [1.165, 1.54) is 10.5 Å². The summed E-state index contributed by atoms with van der Waals surface area (Å²) < 4.78 is 5.26. The van der Waals surface area contributed by atoms with Crippen LogP contribution in [0.25, 0.3) is 0 Å². The van der Waals surface area contributed by atoms with E-state index in [0.717, 1.165) is 5.56 Å². The fourth-order valence-corrected chi connectivity index (χ4v) is 3.57. The van der Waals surface area contributed by atoms with Gasteiger partial charge in [-0.1, -0.05) is 50.2 Å². The number of methoxy groups -OCH3 is 1. The molecule has 0 unspecified atom stereocenters. The number of ether oxygens (including phenoxy) is 1. The summed E-state index contributed by atoms with van der Waals surface area (Å²) in [5, 5.41) is 2.84. The van der Waals surface area contributed by atoms with Crippen LogP contribution >= 0.6 is 0 Å². The monoisotopic (exact) mass is 395 g/mol. The molecule has 1 N–H and O–H groups in total. The van der Waals surface area contributed by atoms with Gasteiger partial charge in [-0.3, -0.25) is 9.69 Å². The summed E-state index contributed by atoms with van der Waals surface area (Å²) >= 11 is 0. The van der Waals surface area contributed by atoms with Crippen LogP contribution in [0.2, 0.25) is 0 Å². The minimum Gasteiger partial charge on any atom is -0.497 e. The highest BCUT2D eigenvalue weighted by molar-refractivity contribution is 6.07. The van der Waals surface area contributed by atoms with E-state index in [-0.39, 0.29) is 18.6 Å². The van der Waals surface area contributed by atoms with Gasteiger partial charge in [0.2, 0.25) is 0 Å². The first-order chi connectivity index (χ1) is 13.7. The van der Waals surface area contributed by atoms with Crippen molar-refractivity contribution < 1.29 is 14.3 Å². The number of amides is 3. The molecular weight excluding hydrogens is 366 g/mol. The van der Waals surface area contributed by atoms with E-state index in [0.29, 0.717) is 23.8 Å². The molecule has 154 valence electrons. The molecule has 1 saturated heterocycles. The molecule has 0 saturated carbocycles. The number of benzene rings is 2. The summed E-state index contributed by atoms with van der Waals surface area (Å²) in [7, 11) is 3.48. The lowest BCUT2D eigenvalue weighted by Crippen LogP contribution is -2.42. The second kappa shape index (κ2) is 8.25. The predicted octanol–water partition coefficient (Wildman–Crippen LogP) is 3.68. The largest absolute Gasteiger partial charge is 0.497 e. The van der Waals surface area contributed by atoms with Crippen LogP contribution in [0.1, 0.15) is 43.4 Å².